The van der Waals surface area contributed by atoms with Gasteiger partial charge in [0.25, 0.3) is 0 Å². The molecule has 4 heterocycles. The number of hydrogen-bond donors (Lipinski definition) is 1. The minimum absolute atomic E-state index is 0.953. The maximum Gasteiger partial charge on any atom is 0.158 e. The molecule has 24 heavy (non-hydrogen) atoms. The van der Waals surface area contributed by atoms with E-state index in [0.717, 1.165) is 36.5 Å². The third kappa shape index (κ3) is 2.59. The monoisotopic (exact) mass is 342 g/mol. The molecule has 1 aliphatic heterocycles. The number of anilines is 1. The van der Waals surface area contributed by atoms with Crippen LogP contribution in [0.5, 0.6) is 0 Å². The average Bonchev–Trinajstić information content (AvgIpc) is 3.23. The Balaban J connectivity index is 1.88. The smallest absolute Gasteiger partial charge is 0.158 e. The minimum Gasteiger partial charge on any atom is -0.345 e. The molecule has 4 rings (SSSR count). The van der Waals surface area contributed by atoms with Crippen LogP contribution >= 0.6 is 11.3 Å². The summed E-state index contributed by atoms with van der Waals surface area (Å²) in [6, 6.07) is 6.31. The van der Waals surface area contributed by atoms with E-state index < -0.39 is 0 Å². The lowest BCUT2D eigenvalue weighted by atomic mass is 10.1. The molecule has 0 atom stereocenters. The maximum absolute atomic E-state index is 4.92. The first-order chi connectivity index (χ1) is 11.7. The lowest BCUT2D eigenvalue weighted by molar-refractivity contribution is -0.880. The van der Waals surface area contributed by atoms with E-state index in [1.165, 1.54) is 29.3 Å². The minimum atomic E-state index is 0.953. The van der Waals surface area contributed by atoms with Gasteiger partial charge in [-0.3, -0.25) is 0 Å². The highest BCUT2D eigenvalue weighted by atomic mass is 32.1. The fraction of sp³-hybridized carbons (Fsp3) is 0.444. The number of aryl methyl sites for hydroxylation is 1. The predicted molar refractivity (Wildman–Crippen MR) is 99.2 cm³/mol. The SMILES string of the molecule is CCc1c(C)nc2cc(-c3cccs3)nn2c1N1CC[NH+](C)CC1. The van der Waals surface area contributed by atoms with Crippen LogP contribution in [0.4, 0.5) is 5.82 Å². The molecule has 1 fully saturated rings. The number of nitrogens with one attached hydrogen (secondary N) is 1. The van der Waals surface area contributed by atoms with Crippen LogP contribution in [0.2, 0.25) is 0 Å². The van der Waals surface area contributed by atoms with Crippen molar-refractivity contribution in [2.75, 3.05) is 38.1 Å². The van der Waals surface area contributed by atoms with E-state index in [0.29, 0.717) is 0 Å². The van der Waals surface area contributed by atoms with Crippen molar-refractivity contribution in [1.82, 2.24) is 14.6 Å². The molecule has 0 unspecified atom stereocenters. The van der Waals surface area contributed by atoms with Gasteiger partial charge in [-0.2, -0.15) is 9.61 Å². The van der Waals surface area contributed by atoms with E-state index in [4.69, 9.17) is 10.1 Å². The van der Waals surface area contributed by atoms with Crippen molar-refractivity contribution in [3.05, 3.63) is 34.8 Å². The first-order valence-corrected chi connectivity index (χ1v) is 9.54. The molecular weight excluding hydrogens is 318 g/mol. The summed E-state index contributed by atoms with van der Waals surface area (Å²) >= 11 is 1.73. The number of piperazine rings is 1. The van der Waals surface area contributed by atoms with Crippen LogP contribution in [0.25, 0.3) is 16.2 Å². The molecule has 0 aromatic carbocycles. The Morgan fingerprint density at radius 3 is 2.75 bits per heavy atom. The van der Waals surface area contributed by atoms with E-state index >= 15 is 0 Å². The lowest BCUT2D eigenvalue weighted by Gasteiger charge is -2.33. The predicted octanol–water partition coefficient (Wildman–Crippen LogP) is 1.66. The largest absolute Gasteiger partial charge is 0.345 e. The molecule has 0 radical (unpaired) electrons. The number of hydrogen-bond acceptors (Lipinski definition) is 4. The lowest BCUT2D eigenvalue weighted by Crippen LogP contribution is -3.12. The van der Waals surface area contributed by atoms with Crippen molar-refractivity contribution in [2.24, 2.45) is 0 Å². The number of thiophene rings is 1. The molecule has 3 aromatic rings. The fourth-order valence-electron chi connectivity index (χ4n) is 3.52. The number of fused-ring (bicyclic) bond motifs is 1. The zero-order chi connectivity index (χ0) is 16.7. The normalized spacial score (nSPS) is 16.2. The van der Waals surface area contributed by atoms with E-state index in [1.54, 1.807) is 16.2 Å². The highest BCUT2D eigenvalue weighted by molar-refractivity contribution is 7.13. The first kappa shape index (κ1) is 15.6. The molecule has 6 heteroatoms. The van der Waals surface area contributed by atoms with E-state index in [1.807, 2.05) is 0 Å². The third-order valence-corrected chi connectivity index (χ3v) is 5.82. The van der Waals surface area contributed by atoms with E-state index in [2.05, 4.69) is 53.9 Å². The zero-order valence-corrected chi connectivity index (χ0v) is 15.4. The first-order valence-electron chi connectivity index (χ1n) is 8.66. The van der Waals surface area contributed by atoms with Crippen LogP contribution in [0, 0.1) is 6.92 Å². The van der Waals surface area contributed by atoms with Crippen LogP contribution in [0.3, 0.4) is 0 Å². The van der Waals surface area contributed by atoms with Gasteiger partial charge in [0.1, 0.15) is 11.5 Å². The fourth-order valence-corrected chi connectivity index (χ4v) is 4.20. The Morgan fingerprint density at radius 2 is 2.08 bits per heavy atom. The van der Waals surface area contributed by atoms with Crippen LogP contribution in [0.1, 0.15) is 18.2 Å². The Hall–Kier alpha value is -1.92. The Labute approximate surface area is 146 Å². The standard InChI is InChI=1S/C18H23N5S/c1-4-14-13(2)19-17-12-15(16-6-5-11-24-16)20-23(17)18(14)22-9-7-21(3)8-10-22/h5-6,11-12H,4,7-10H2,1-3H3/p+1. The van der Waals surface area contributed by atoms with Gasteiger partial charge in [0.15, 0.2) is 5.65 Å². The summed E-state index contributed by atoms with van der Waals surface area (Å²) in [6.45, 7) is 8.83. The van der Waals surface area contributed by atoms with Crippen LogP contribution in [-0.2, 0) is 6.42 Å². The van der Waals surface area contributed by atoms with Crippen molar-refractivity contribution in [2.45, 2.75) is 20.3 Å². The number of aromatic nitrogens is 3. The summed E-state index contributed by atoms with van der Waals surface area (Å²) in [6.07, 6.45) is 0.984. The Kier molecular flexibility index (Phi) is 4.02. The summed E-state index contributed by atoms with van der Waals surface area (Å²) in [5, 5.41) is 7.01. The summed E-state index contributed by atoms with van der Waals surface area (Å²) in [4.78, 5) is 10.1. The maximum atomic E-state index is 4.92. The van der Waals surface area contributed by atoms with Gasteiger partial charge in [-0.25, -0.2) is 4.98 Å². The van der Waals surface area contributed by atoms with E-state index in [9.17, 15) is 0 Å². The van der Waals surface area contributed by atoms with Gasteiger partial charge >= 0.3 is 0 Å². The molecule has 1 N–H and O–H groups in total. The highest BCUT2D eigenvalue weighted by Gasteiger charge is 2.24. The van der Waals surface area contributed by atoms with Crippen molar-refractivity contribution < 1.29 is 4.90 Å². The molecule has 5 nitrogen and oxygen atoms in total. The zero-order valence-electron chi connectivity index (χ0n) is 14.5. The molecule has 126 valence electrons. The second-order valence-electron chi connectivity index (χ2n) is 6.57. The molecule has 1 aliphatic rings. The summed E-state index contributed by atoms with van der Waals surface area (Å²) in [5.41, 5.74) is 4.42. The van der Waals surface area contributed by atoms with Crippen LogP contribution < -0.4 is 9.80 Å². The molecule has 0 bridgehead atoms. The van der Waals surface area contributed by atoms with Gasteiger partial charge < -0.3 is 9.80 Å². The molecular formula is C18H24N5S+. The van der Waals surface area contributed by atoms with Crippen molar-refractivity contribution >= 4 is 22.8 Å². The molecule has 0 saturated carbocycles. The molecule has 0 amide bonds. The summed E-state index contributed by atoms with van der Waals surface area (Å²) in [5.74, 6) is 1.25. The van der Waals surface area contributed by atoms with Crippen molar-refractivity contribution in [3.63, 3.8) is 0 Å². The molecule has 3 aromatic heterocycles. The summed E-state index contributed by atoms with van der Waals surface area (Å²) in [7, 11) is 2.27. The van der Waals surface area contributed by atoms with Gasteiger partial charge in [-0.05, 0) is 24.8 Å². The van der Waals surface area contributed by atoms with Crippen LogP contribution in [-0.4, -0.2) is 47.8 Å². The highest BCUT2D eigenvalue weighted by Crippen LogP contribution is 2.29. The second-order valence-corrected chi connectivity index (χ2v) is 7.52. The summed E-state index contributed by atoms with van der Waals surface area (Å²) < 4.78 is 2.07. The van der Waals surface area contributed by atoms with Gasteiger partial charge in [0.2, 0.25) is 0 Å². The molecule has 0 aliphatic carbocycles. The Morgan fingerprint density at radius 1 is 1.29 bits per heavy atom. The van der Waals surface area contributed by atoms with Crippen LogP contribution in [0.15, 0.2) is 23.6 Å². The number of rotatable bonds is 3. The molecule has 1 saturated heterocycles. The quantitative estimate of drug-likeness (QED) is 0.787. The second kappa shape index (κ2) is 6.18. The van der Waals surface area contributed by atoms with Gasteiger partial charge in [-0.15, -0.1) is 11.3 Å². The number of nitrogens with zero attached hydrogens (tertiary/aromatic N) is 4. The number of likely N-dealkylation sites (N-methyl/N-ethyl adjacent to an activating group) is 1. The van der Waals surface area contributed by atoms with Gasteiger partial charge in [0.05, 0.1) is 38.1 Å². The van der Waals surface area contributed by atoms with Gasteiger partial charge in [-0.1, -0.05) is 13.0 Å². The topological polar surface area (TPSA) is 37.9 Å². The average molecular weight is 342 g/mol. The molecule has 0 spiro atoms. The van der Waals surface area contributed by atoms with E-state index in [-0.39, 0.29) is 0 Å². The third-order valence-electron chi connectivity index (χ3n) is 4.92. The van der Waals surface area contributed by atoms with Crippen molar-refractivity contribution in [1.29, 1.82) is 0 Å². The Bertz CT molecular complexity index is 844. The van der Waals surface area contributed by atoms with Gasteiger partial charge in [0, 0.05) is 17.3 Å². The number of quaternary nitrogens is 1. The van der Waals surface area contributed by atoms with Crippen molar-refractivity contribution in [3.8, 4) is 10.6 Å².